The van der Waals surface area contributed by atoms with Crippen molar-refractivity contribution >= 4 is 0 Å². The van der Waals surface area contributed by atoms with E-state index in [4.69, 9.17) is 0 Å². The van der Waals surface area contributed by atoms with E-state index >= 15 is 0 Å². The van der Waals surface area contributed by atoms with E-state index in [9.17, 15) is 5.11 Å². The van der Waals surface area contributed by atoms with Crippen LogP contribution in [-0.2, 0) is 11.0 Å². The minimum Gasteiger partial charge on any atom is -0.385 e. The van der Waals surface area contributed by atoms with Gasteiger partial charge in [-0.2, -0.15) is 0 Å². The number of aliphatic hydroxyl groups is 1. The van der Waals surface area contributed by atoms with Gasteiger partial charge in [-0.25, -0.2) is 0 Å². The van der Waals surface area contributed by atoms with E-state index < -0.39 is 5.60 Å². The molecule has 1 aromatic carbocycles. The Kier molecular flexibility index (Phi) is 3.52. The summed E-state index contributed by atoms with van der Waals surface area (Å²) in [6, 6.07) is 8.51. The Morgan fingerprint density at radius 2 is 1.83 bits per heavy atom. The van der Waals surface area contributed by atoms with Crippen LogP contribution in [0.5, 0.6) is 0 Å². The molecule has 1 fully saturated rings. The summed E-state index contributed by atoms with van der Waals surface area (Å²) in [6.45, 7) is 10.5. The van der Waals surface area contributed by atoms with Crippen LogP contribution in [0.15, 0.2) is 24.3 Å². The molecule has 2 atom stereocenters. The summed E-state index contributed by atoms with van der Waals surface area (Å²) < 4.78 is 0. The van der Waals surface area contributed by atoms with Gasteiger partial charge in [0.15, 0.2) is 0 Å². The van der Waals surface area contributed by atoms with E-state index in [1.807, 2.05) is 0 Å². The van der Waals surface area contributed by atoms with Crippen molar-refractivity contribution in [1.82, 2.24) is 5.32 Å². The van der Waals surface area contributed by atoms with Crippen molar-refractivity contribution in [3.8, 4) is 0 Å². The minimum atomic E-state index is -0.665. The van der Waals surface area contributed by atoms with Crippen LogP contribution in [0.2, 0.25) is 0 Å². The fourth-order valence-corrected chi connectivity index (χ4v) is 2.70. The van der Waals surface area contributed by atoms with Crippen LogP contribution in [0.3, 0.4) is 0 Å². The highest BCUT2D eigenvalue weighted by Gasteiger charge is 2.37. The van der Waals surface area contributed by atoms with Gasteiger partial charge in [0.05, 0.1) is 5.60 Å². The molecule has 100 valence electrons. The first-order valence-electron chi connectivity index (χ1n) is 6.88. The first-order valence-corrected chi connectivity index (χ1v) is 6.88. The molecule has 1 aliphatic rings. The molecule has 2 rings (SSSR count). The van der Waals surface area contributed by atoms with Crippen molar-refractivity contribution in [2.75, 3.05) is 13.1 Å². The molecule has 18 heavy (non-hydrogen) atoms. The lowest BCUT2D eigenvalue weighted by Gasteiger charge is -2.39. The van der Waals surface area contributed by atoms with Gasteiger partial charge in [-0.1, -0.05) is 52.0 Å². The fraction of sp³-hybridized carbons (Fsp3) is 0.625. The van der Waals surface area contributed by atoms with E-state index in [1.165, 1.54) is 5.56 Å². The smallest absolute Gasteiger partial charge is 0.0946 e. The highest BCUT2D eigenvalue weighted by molar-refractivity contribution is 5.31. The van der Waals surface area contributed by atoms with Gasteiger partial charge in [0.25, 0.3) is 0 Å². The maximum Gasteiger partial charge on any atom is 0.0946 e. The number of nitrogens with one attached hydrogen (secondary N) is 1. The van der Waals surface area contributed by atoms with E-state index in [-0.39, 0.29) is 11.3 Å². The quantitative estimate of drug-likeness (QED) is 0.800. The summed E-state index contributed by atoms with van der Waals surface area (Å²) in [4.78, 5) is 0. The number of piperidine rings is 1. The van der Waals surface area contributed by atoms with Crippen LogP contribution in [0.25, 0.3) is 0 Å². The van der Waals surface area contributed by atoms with Gasteiger partial charge >= 0.3 is 0 Å². The molecule has 0 radical (unpaired) electrons. The lowest BCUT2D eigenvalue weighted by atomic mass is 9.76. The molecule has 2 unspecified atom stereocenters. The molecule has 0 aromatic heterocycles. The molecule has 0 saturated carbocycles. The molecule has 2 N–H and O–H groups in total. The Morgan fingerprint density at radius 3 is 2.33 bits per heavy atom. The van der Waals surface area contributed by atoms with Crippen LogP contribution in [0.1, 0.15) is 45.2 Å². The predicted molar refractivity (Wildman–Crippen MR) is 75.7 cm³/mol. The maximum absolute atomic E-state index is 10.9. The summed E-state index contributed by atoms with van der Waals surface area (Å²) in [5.74, 6) is 0.256. The Labute approximate surface area is 110 Å². The van der Waals surface area contributed by atoms with E-state index in [2.05, 4.69) is 57.3 Å². The van der Waals surface area contributed by atoms with Crippen LogP contribution >= 0.6 is 0 Å². The average Bonchev–Trinajstić information content (AvgIpc) is 2.32. The first kappa shape index (κ1) is 13.6. The highest BCUT2D eigenvalue weighted by atomic mass is 16.3. The second-order valence-corrected chi connectivity index (χ2v) is 6.61. The molecule has 0 spiro atoms. The molecular weight excluding hydrogens is 222 g/mol. The van der Waals surface area contributed by atoms with Gasteiger partial charge in [0.2, 0.25) is 0 Å². The summed E-state index contributed by atoms with van der Waals surface area (Å²) in [6.07, 6.45) is 0.795. The molecule has 1 aromatic rings. The van der Waals surface area contributed by atoms with Crippen LogP contribution in [0.4, 0.5) is 0 Å². The third-order valence-electron chi connectivity index (χ3n) is 4.20. The number of hydrogen-bond acceptors (Lipinski definition) is 2. The van der Waals surface area contributed by atoms with E-state index in [1.54, 1.807) is 0 Å². The Bertz CT molecular complexity index is 404. The van der Waals surface area contributed by atoms with Crippen molar-refractivity contribution in [2.24, 2.45) is 5.92 Å². The largest absolute Gasteiger partial charge is 0.385 e. The molecular formula is C16H25NO. The predicted octanol–water partition coefficient (Wildman–Crippen LogP) is 2.80. The van der Waals surface area contributed by atoms with Crippen LogP contribution in [-0.4, -0.2) is 18.2 Å². The Morgan fingerprint density at radius 1 is 1.22 bits per heavy atom. The van der Waals surface area contributed by atoms with Crippen molar-refractivity contribution in [1.29, 1.82) is 0 Å². The minimum absolute atomic E-state index is 0.168. The molecule has 1 heterocycles. The van der Waals surface area contributed by atoms with Crippen molar-refractivity contribution < 1.29 is 5.11 Å². The summed E-state index contributed by atoms with van der Waals surface area (Å²) >= 11 is 0. The highest BCUT2D eigenvalue weighted by Crippen LogP contribution is 2.35. The standard InChI is InChI=1S/C16H25NO/c1-12-11-17-10-9-16(12,18)14-7-5-13(6-8-14)15(2,3)4/h5-8,12,17-18H,9-11H2,1-4H3. The van der Waals surface area contributed by atoms with E-state index in [0.29, 0.717) is 0 Å². The van der Waals surface area contributed by atoms with Gasteiger partial charge < -0.3 is 10.4 Å². The summed E-state index contributed by atoms with van der Waals surface area (Å²) in [5, 5.41) is 14.2. The van der Waals surface area contributed by atoms with Gasteiger partial charge in [0, 0.05) is 12.5 Å². The number of benzene rings is 1. The lowest BCUT2D eigenvalue weighted by molar-refractivity contribution is -0.0392. The number of rotatable bonds is 1. The fourth-order valence-electron chi connectivity index (χ4n) is 2.70. The molecule has 1 aliphatic heterocycles. The zero-order chi connectivity index (χ0) is 13.4. The summed E-state index contributed by atoms with van der Waals surface area (Å²) in [5.41, 5.74) is 1.88. The maximum atomic E-state index is 10.9. The lowest BCUT2D eigenvalue weighted by Crippen LogP contribution is -2.46. The normalized spacial score (nSPS) is 29.3. The molecule has 0 bridgehead atoms. The second-order valence-electron chi connectivity index (χ2n) is 6.61. The van der Waals surface area contributed by atoms with Crippen molar-refractivity contribution in [2.45, 2.75) is 45.1 Å². The van der Waals surface area contributed by atoms with Crippen molar-refractivity contribution in [3.05, 3.63) is 35.4 Å². The van der Waals surface area contributed by atoms with Crippen LogP contribution < -0.4 is 5.32 Å². The van der Waals surface area contributed by atoms with Gasteiger partial charge in [0.1, 0.15) is 0 Å². The van der Waals surface area contributed by atoms with E-state index in [0.717, 1.165) is 25.1 Å². The molecule has 0 aliphatic carbocycles. The van der Waals surface area contributed by atoms with Gasteiger partial charge in [-0.15, -0.1) is 0 Å². The summed E-state index contributed by atoms with van der Waals surface area (Å²) in [7, 11) is 0. The topological polar surface area (TPSA) is 32.3 Å². The number of hydrogen-bond donors (Lipinski definition) is 2. The molecule has 1 saturated heterocycles. The van der Waals surface area contributed by atoms with Crippen LogP contribution in [0, 0.1) is 5.92 Å². The third kappa shape index (κ3) is 2.45. The molecule has 2 nitrogen and oxygen atoms in total. The SMILES string of the molecule is CC1CNCCC1(O)c1ccc(C(C)(C)C)cc1. The third-order valence-corrected chi connectivity index (χ3v) is 4.20. The zero-order valence-corrected chi connectivity index (χ0v) is 12.0. The Hall–Kier alpha value is -0.860. The molecule has 2 heteroatoms. The average molecular weight is 247 g/mol. The van der Waals surface area contributed by atoms with Crippen molar-refractivity contribution in [3.63, 3.8) is 0 Å². The van der Waals surface area contributed by atoms with Gasteiger partial charge in [-0.05, 0) is 29.5 Å². The monoisotopic (exact) mass is 247 g/mol. The molecule has 0 amide bonds. The second kappa shape index (κ2) is 4.67. The Balaban J connectivity index is 2.28. The van der Waals surface area contributed by atoms with Gasteiger partial charge in [-0.3, -0.25) is 0 Å². The first-order chi connectivity index (χ1) is 8.34. The zero-order valence-electron chi connectivity index (χ0n) is 12.0.